The number of aryl methyl sites for hydroxylation is 1. The second-order valence-electron chi connectivity index (χ2n) is 2.97. The van der Waals surface area contributed by atoms with Crippen molar-refractivity contribution in [1.82, 2.24) is 0 Å². The van der Waals surface area contributed by atoms with E-state index in [1.54, 1.807) is 7.05 Å². The summed E-state index contributed by atoms with van der Waals surface area (Å²) < 4.78 is 0. The van der Waals surface area contributed by atoms with Crippen molar-refractivity contribution in [2.45, 2.75) is 6.92 Å². The maximum Gasteiger partial charge on any atom is 0.319 e. The van der Waals surface area contributed by atoms with Crippen molar-refractivity contribution in [1.29, 1.82) is 0 Å². The number of carbonyl (C=O) groups is 1. The SMILES string of the molecule is [CH2]c1c(C)cccc1N(C)C(N)=O. The number of amides is 2. The Kier molecular flexibility index (Phi) is 2.56. The highest BCUT2D eigenvalue weighted by Crippen LogP contribution is 2.20. The van der Waals surface area contributed by atoms with Gasteiger partial charge in [-0.2, -0.15) is 0 Å². The van der Waals surface area contributed by atoms with Gasteiger partial charge >= 0.3 is 6.03 Å². The molecule has 1 aromatic rings. The Bertz CT molecular complexity index is 334. The molecule has 2 amide bonds. The van der Waals surface area contributed by atoms with Gasteiger partial charge in [0.1, 0.15) is 0 Å². The molecule has 0 unspecified atom stereocenters. The van der Waals surface area contributed by atoms with Gasteiger partial charge in [0.05, 0.1) is 0 Å². The molecule has 0 aromatic heterocycles. The van der Waals surface area contributed by atoms with Crippen LogP contribution in [0.15, 0.2) is 18.2 Å². The lowest BCUT2D eigenvalue weighted by molar-refractivity contribution is 0.255. The summed E-state index contributed by atoms with van der Waals surface area (Å²) in [5, 5.41) is 0. The summed E-state index contributed by atoms with van der Waals surface area (Å²) in [6.45, 7) is 5.82. The number of carbonyl (C=O) groups excluding carboxylic acids is 1. The summed E-state index contributed by atoms with van der Waals surface area (Å²) in [5.74, 6) is 0. The van der Waals surface area contributed by atoms with Crippen molar-refractivity contribution < 1.29 is 4.79 Å². The summed E-state index contributed by atoms with van der Waals surface area (Å²) in [6.07, 6.45) is 0. The third-order valence-electron chi connectivity index (χ3n) is 2.08. The number of urea groups is 1. The fourth-order valence-electron chi connectivity index (χ4n) is 1.12. The monoisotopic (exact) mass is 177 g/mol. The van der Waals surface area contributed by atoms with E-state index >= 15 is 0 Å². The highest BCUT2D eigenvalue weighted by atomic mass is 16.2. The van der Waals surface area contributed by atoms with Crippen LogP contribution in [0.2, 0.25) is 0 Å². The van der Waals surface area contributed by atoms with Crippen molar-refractivity contribution in [3.8, 4) is 0 Å². The number of nitrogens with two attached hydrogens (primary N) is 1. The molecule has 2 N–H and O–H groups in total. The predicted molar refractivity (Wildman–Crippen MR) is 53.6 cm³/mol. The first kappa shape index (κ1) is 9.58. The Labute approximate surface area is 78.2 Å². The van der Waals surface area contributed by atoms with E-state index in [1.165, 1.54) is 4.90 Å². The summed E-state index contributed by atoms with van der Waals surface area (Å²) in [4.78, 5) is 12.3. The minimum absolute atomic E-state index is 0.476. The van der Waals surface area contributed by atoms with E-state index in [1.807, 2.05) is 25.1 Å². The first-order chi connectivity index (χ1) is 6.04. The van der Waals surface area contributed by atoms with E-state index < -0.39 is 6.03 Å². The zero-order valence-electron chi connectivity index (χ0n) is 7.87. The van der Waals surface area contributed by atoms with E-state index in [4.69, 9.17) is 5.73 Å². The normalized spacial score (nSPS) is 9.77. The molecule has 0 saturated carbocycles. The Morgan fingerprint density at radius 3 is 2.69 bits per heavy atom. The predicted octanol–water partition coefficient (Wildman–Crippen LogP) is 1.69. The zero-order chi connectivity index (χ0) is 10.0. The maximum atomic E-state index is 10.9. The average molecular weight is 177 g/mol. The van der Waals surface area contributed by atoms with Crippen LogP contribution in [0.1, 0.15) is 11.1 Å². The minimum atomic E-state index is -0.476. The van der Waals surface area contributed by atoms with E-state index in [2.05, 4.69) is 6.92 Å². The van der Waals surface area contributed by atoms with Gasteiger partial charge in [-0.3, -0.25) is 4.90 Å². The van der Waals surface area contributed by atoms with Crippen LogP contribution in [-0.2, 0) is 0 Å². The third-order valence-corrected chi connectivity index (χ3v) is 2.08. The van der Waals surface area contributed by atoms with E-state index in [9.17, 15) is 4.79 Å². The molecule has 3 nitrogen and oxygen atoms in total. The van der Waals surface area contributed by atoms with Crippen LogP contribution >= 0.6 is 0 Å². The Morgan fingerprint density at radius 2 is 2.15 bits per heavy atom. The van der Waals surface area contributed by atoms with Crippen LogP contribution in [0.25, 0.3) is 0 Å². The number of rotatable bonds is 1. The molecule has 0 bridgehead atoms. The fourth-order valence-corrected chi connectivity index (χ4v) is 1.12. The summed E-state index contributed by atoms with van der Waals surface area (Å²) in [7, 11) is 1.63. The summed E-state index contributed by atoms with van der Waals surface area (Å²) >= 11 is 0. The van der Waals surface area contributed by atoms with Crippen molar-refractivity contribution in [2.75, 3.05) is 11.9 Å². The van der Waals surface area contributed by atoms with Gasteiger partial charge in [-0.15, -0.1) is 0 Å². The van der Waals surface area contributed by atoms with Gasteiger partial charge < -0.3 is 5.73 Å². The Balaban J connectivity index is 3.15. The quantitative estimate of drug-likeness (QED) is 0.697. The van der Waals surface area contributed by atoms with Crippen molar-refractivity contribution in [3.05, 3.63) is 36.2 Å². The number of hydrogen-bond donors (Lipinski definition) is 1. The second-order valence-corrected chi connectivity index (χ2v) is 2.97. The topological polar surface area (TPSA) is 46.3 Å². The smallest absolute Gasteiger partial charge is 0.319 e. The highest BCUT2D eigenvalue weighted by molar-refractivity contribution is 5.91. The molecule has 0 atom stereocenters. The summed E-state index contributed by atoms with van der Waals surface area (Å²) in [5.41, 5.74) is 7.79. The lowest BCUT2D eigenvalue weighted by Gasteiger charge is -2.17. The molecule has 0 saturated heterocycles. The van der Waals surface area contributed by atoms with Crippen LogP contribution in [-0.4, -0.2) is 13.1 Å². The largest absolute Gasteiger partial charge is 0.351 e. The van der Waals surface area contributed by atoms with E-state index in [0.717, 1.165) is 16.8 Å². The van der Waals surface area contributed by atoms with Crippen molar-refractivity contribution in [3.63, 3.8) is 0 Å². The van der Waals surface area contributed by atoms with Gasteiger partial charge in [0.15, 0.2) is 0 Å². The van der Waals surface area contributed by atoms with Gasteiger partial charge in [0.25, 0.3) is 0 Å². The first-order valence-electron chi connectivity index (χ1n) is 3.98. The molecule has 0 aliphatic heterocycles. The Hall–Kier alpha value is -1.51. The molecule has 1 aromatic carbocycles. The van der Waals surface area contributed by atoms with E-state index in [-0.39, 0.29) is 0 Å². The van der Waals surface area contributed by atoms with Crippen LogP contribution in [0.5, 0.6) is 0 Å². The van der Waals surface area contributed by atoms with Gasteiger partial charge in [-0.05, 0) is 31.0 Å². The lowest BCUT2D eigenvalue weighted by atomic mass is 10.1. The molecule has 0 fully saturated rings. The van der Waals surface area contributed by atoms with E-state index in [0.29, 0.717) is 0 Å². The zero-order valence-corrected chi connectivity index (χ0v) is 7.87. The molecular weight excluding hydrogens is 164 g/mol. The highest BCUT2D eigenvalue weighted by Gasteiger charge is 2.09. The number of anilines is 1. The van der Waals surface area contributed by atoms with Gasteiger partial charge in [0.2, 0.25) is 0 Å². The molecule has 1 rings (SSSR count). The average Bonchev–Trinajstić information content (AvgIpc) is 2.08. The molecule has 0 aliphatic carbocycles. The number of benzene rings is 1. The van der Waals surface area contributed by atoms with Crippen LogP contribution in [0.3, 0.4) is 0 Å². The molecule has 69 valence electrons. The Morgan fingerprint density at radius 1 is 1.54 bits per heavy atom. The molecule has 0 aliphatic rings. The van der Waals surface area contributed by atoms with Crippen LogP contribution < -0.4 is 10.6 Å². The van der Waals surface area contributed by atoms with Gasteiger partial charge in [-0.25, -0.2) is 4.79 Å². The first-order valence-corrected chi connectivity index (χ1v) is 3.98. The molecular formula is C10H13N2O. The molecule has 0 spiro atoms. The van der Waals surface area contributed by atoms with Crippen LogP contribution in [0, 0.1) is 13.8 Å². The molecule has 0 heterocycles. The fraction of sp³-hybridized carbons (Fsp3) is 0.200. The minimum Gasteiger partial charge on any atom is -0.351 e. The van der Waals surface area contributed by atoms with Crippen LogP contribution in [0.4, 0.5) is 10.5 Å². The van der Waals surface area contributed by atoms with Gasteiger partial charge in [-0.1, -0.05) is 12.1 Å². The summed E-state index contributed by atoms with van der Waals surface area (Å²) in [6, 6.07) is 5.16. The molecule has 13 heavy (non-hydrogen) atoms. The number of nitrogens with zero attached hydrogens (tertiary/aromatic N) is 1. The van der Waals surface area contributed by atoms with Crippen molar-refractivity contribution in [2.24, 2.45) is 5.73 Å². The maximum absolute atomic E-state index is 10.9. The lowest BCUT2D eigenvalue weighted by Crippen LogP contribution is -2.32. The second kappa shape index (κ2) is 3.47. The number of primary amides is 1. The van der Waals surface area contributed by atoms with Crippen molar-refractivity contribution >= 4 is 11.7 Å². The number of hydrogen-bond acceptors (Lipinski definition) is 1. The molecule has 3 heteroatoms. The molecule has 1 radical (unpaired) electrons. The third kappa shape index (κ3) is 1.80. The van der Waals surface area contributed by atoms with Gasteiger partial charge in [0, 0.05) is 12.7 Å². The standard InChI is InChI=1S/C10H13N2O/c1-7-5-4-6-9(8(7)2)12(3)10(11)13/h4-6H,2H2,1,3H3,(H2,11,13).